The largest absolute Gasteiger partial charge is 0.496 e. The molecular formula is C27H32N6O5. The number of hydrazine groups is 1. The minimum Gasteiger partial charge on any atom is -0.496 e. The lowest BCUT2D eigenvalue weighted by Gasteiger charge is -2.30. The Balaban J connectivity index is 1.67. The number of ether oxygens (including phenoxy) is 2. The van der Waals surface area contributed by atoms with Crippen molar-refractivity contribution in [1.82, 2.24) is 20.3 Å². The fourth-order valence-corrected chi connectivity index (χ4v) is 4.34. The number of fused-ring (bicyclic) bond motifs is 2. The van der Waals surface area contributed by atoms with E-state index in [4.69, 9.17) is 15.2 Å². The fraction of sp³-hybridized carbons (Fsp3) is 0.296. The lowest BCUT2D eigenvalue weighted by Crippen LogP contribution is -2.48. The Bertz CT molecular complexity index is 1410. The molecule has 4 rings (SSSR count). The summed E-state index contributed by atoms with van der Waals surface area (Å²) in [5, 5.41) is 4.86. The molecule has 4 N–H and O–H groups in total. The Morgan fingerprint density at radius 2 is 1.92 bits per heavy atom. The summed E-state index contributed by atoms with van der Waals surface area (Å²) in [5.41, 5.74) is 10.1. The van der Waals surface area contributed by atoms with Crippen molar-refractivity contribution >= 4 is 34.6 Å². The minimum atomic E-state index is -0.841. The summed E-state index contributed by atoms with van der Waals surface area (Å²) >= 11 is 0. The van der Waals surface area contributed by atoms with Gasteiger partial charge in [-0.2, -0.15) is 0 Å². The van der Waals surface area contributed by atoms with Crippen molar-refractivity contribution in [1.29, 1.82) is 0 Å². The molecule has 3 aromatic rings. The molecule has 0 spiro atoms. The molecule has 0 bridgehead atoms. The SMILES string of the molecule is CCN(NC(N)=O)C(=O)c1cc2c(cc1OC)N(C)C=CC2Oc1ccc2c(ccn2C(=O)NC(C)C)c1. The molecule has 11 heteroatoms. The molecule has 200 valence electrons. The Labute approximate surface area is 220 Å². The van der Waals surface area contributed by atoms with Gasteiger partial charge in [0.2, 0.25) is 0 Å². The molecule has 0 saturated carbocycles. The van der Waals surface area contributed by atoms with E-state index in [-0.39, 0.29) is 24.2 Å². The number of amides is 4. The van der Waals surface area contributed by atoms with Crippen LogP contribution in [-0.4, -0.2) is 54.3 Å². The van der Waals surface area contributed by atoms with Crippen LogP contribution in [-0.2, 0) is 0 Å². The summed E-state index contributed by atoms with van der Waals surface area (Å²) in [7, 11) is 3.36. The van der Waals surface area contributed by atoms with Gasteiger partial charge in [-0.3, -0.25) is 9.36 Å². The van der Waals surface area contributed by atoms with E-state index < -0.39 is 18.0 Å². The minimum absolute atomic E-state index is 0.0187. The van der Waals surface area contributed by atoms with Crippen LogP contribution in [0, 0.1) is 0 Å². The molecule has 1 unspecified atom stereocenters. The van der Waals surface area contributed by atoms with Crippen molar-refractivity contribution in [3.63, 3.8) is 0 Å². The van der Waals surface area contributed by atoms with Gasteiger partial charge in [0.05, 0.1) is 23.9 Å². The maximum atomic E-state index is 13.3. The van der Waals surface area contributed by atoms with Crippen molar-refractivity contribution in [3.8, 4) is 11.5 Å². The number of hydrogen-bond acceptors (Lipinski definition) is 6. The number of benzene rings is 2. The van der Waals surface area contributed by atoms with Gasteiger partial charge in [-0.05, 0) is 57.2 Å². The van der Waals surface area contributed by atoms with Crippen molar-refractivity contribution in [2.75, 3.05) is 25.6 Å². The van der Waals surface area contributed by atoms with Gasteiger partial charge in [-0.15, -0.1) is 0 Å². The van der Waals surface area contributed by atoms with Crippen LogP contribution >= 0.6 is 0 Å². The second-order valence-electron chi connectivity index (χ2n) is 9.14. The fourth-order valence-electron chi connectivity index (χ4n) is 4.34. The summed E-state index contributed by atoms with van der Waals surface area (Å²) in [6.07, 6.45) is 4.97. The van der Waals surface area contributed by atoms with Gasteiger partial charge in [-0.1, -0.05) is 0 Å². The van der Waals surface area contributed by atoms with Gasteiger partial charge < -0.3 is 25.4 Å². The Morgan fingerprint density at radius 1 is 1.16 bits per heavy atom. The quantitative estimate of drug-likeness (QED) is 0.425. The Morgan fingerprint density at radius 3 is 2.58 bits per heavy atom. The number of urea groups is 1. The molecule has 1 aliphatic heterocycles. The number of nitrogens with one attached hydrogen (secondary N) is 2. The number of carbonyl (C=O) groups excluding carboxylic acids is 3. The van der Waals surface area contributed by atoms with Crippen LogP contribution in [0.3, 0.4) is 0 Å². The van der Waals surface area contributed by atoms with Crippen molar-refractivity contribution < 1.29 is 23.9 Å². The van der Waals surface area contributed by atoms with Crippen LogP contribution in [0.1, 0.15) is 42.8 Å². The maximum absolute atomic E-state index is 13.3. The molecule has 2 aromatic carbocycles. The molecule has 4 amide bonds. The molecule has 1 aliphatic rings. The van der Waals surface area contributed by atoms with Crippen LogP contribution in [0.25, 0.3) is 10.9 Å². The number of nitrogens with two attached hydrogens (primary N) is 1. The highest BCUT2D eigenvalue weighted by atomic mass is 16.5. The third-order valence-electron chi connectivity index (χ3n) is 6.11. The monoisotopic (exact) mass is 520 g/mol. The van der Waals surface area contributed by atoms with Gasteiger partial charge >= 0.3 is 12.1 Å². The second-order valence-corrected chi connectivity index (χ2v) is 9.14. The highest BCUT2D eigenvalue weighted by molar-refractivity contribution is 5.99. The van der Waals surface area contributed by atoms with Crippen molar-refractivity contribution in [2.24, 2.45) is 5.73 Å². The van der Waals surface area contributed by atoms with E-state index in [1.807, 2.05) is 56.3 Å². The lowest BCUT2D eigenvalue weighted by molar-refractivity contribution is 0.0694. The number of primary amides is 1. The number of anilines is 1. The summed E-state index contributed by atoms with van der Waals surface area (Å²) in [5.74, 6) is 0.477. The smallest absolute Gasteiger partial charge is 0.331 e. The van der Waals surface area contributed by atoms with Gasteiger partial charge in [0.25, 0.3) is 5.91 Å². The maximum Gasteiger partial charge on any atom is 0.331 e. The Kier molecular flexibility index (Phi) is 7.47. The lowest BCUT2D eigenvalue weighted by atomic mass is 9.98. The van der Waals surface area contributed by atoms with Gasteiger partial charge in [0.15, 0.2) is 0 Å². The normalized spacial score (nSPS) is 14.3. The van der Waals surface area contributed by atoms with Gasteiger partial charge in [-0.25, -0.2) is 20.0 Å². The van der Waals surface area contributed by atoms with Crippen LogP contribution in [0.2, 0.25) is 0 Å². The molecule has 1 aromatic heterocycles. The number of nitrogens with zero attached hydrogens (tertiary/aromatic N) is 3. The number of methoxy groups -OCH3 is 1. The van der Waals surface area contributed by atoms with Crippen LogP contribution in [0.15, 0.2) is 54.9 Å². The van der Waals surface area contributed by atoms with Crippen LogP contribution in [0.4, 0.5) is 15.3 Å². The zero-order chi connectivity index (χ0) is 27.6. The van der Waals surface area contributed by atoms with E-state index in [9.17, 15) is 14.4 Å². The third kappa shape index (κ3) is 5.22. The summed E-state index contributed by atoms with van der Waals surface area (Å²) < 4.78 is 13.4. The van der Waals surface area contributed by atoms with Gasteiger partial charge in [0, 0.05) is 49.0 Å². The number of carbonyl (C=O) groups is 3. The van der Waals surface area contributed by atoms with E-state index in [0.29, 0.717) is 11.5 Å². The molecule has 0 fully saturated rings. The number of aromatic nitrogens is 1. The average Bonchev–Trinajstić information content (AvgIpc) is 3.31. The first-order valence-electron chi connectivity index (χ1n) is 12.2. The summed E-state index contributed by atoms with van der Waals surface area (Å²) in [6, 6.07) is 9.81. The van der Waals surface area contributed by atoms with Crippen molar-refractivity contribution in [2.45, 2.75) is 32.9 Å². The molecular weight excluding hydrogens is 488 g/mol. The highest BCUT2D eigenvalue weighted by Gasteiger charge is 2.28. The summed E-state index contributed by atoms with van der Waals surface area (Å²) in [6.45, 7) is 5.74. The summed E-state index contributed by atoms with van der Waals surface area (Å²) in [4.78, 5) is 39.1. The molecule has 0 radical (unpaired) electrons. The topological polar surface area (TPSA) is 131 Å². The number of rotatable bonds is 6. The van der Waals surface area contributed by atoms with Crippen LogP contribution < -0.4 is 30.8 Å². The first kappa shape index (κ1) is 26.4. The Hall–Kier alpha value is -4.67. The highest BCUT2D eigenvalue weighted by Crippen LogP contribution is 2.39. The second kappa shape index (κ2) is 10.8. The first-order valence-corrected chi connectivity index (χ1v) is 12.2. The van der Waals surface area contributed by atoms with E-state index in [1.54, 1.807) is 35.9 Å². The molecule has 38 heavy (non-hydrogen) atoms. The first-order chi connectivity index (χ1) is 18.1. The predicted molar refractivity (Wildman–Crippen MR) is 144 cm³/mol. The standard InChI is InChI=1S/C27H32N6O5/c1-6-33(30-26(28)35)25(34)20-14-19-22(15-24(20)37-5)31(4)11-10-23(19)38-18-7-8-21-17(13-18)9-12-32(21)27(36)29-16(2)3/h7-16,23H,6H2,1-5H3,(H,29,36)(H3,28,30,35). The van der Waals surface area contributed by atoms with E-state index in [0.717, 1.165) is 27.2 Å². The molecule has 11 nitrogen and oxygen atoms in total. The molecule has 2 heterocycles. The zero-order valence-corrected chi connectivity index (χ0v) is 22.0. The van der Waals surface area contributed by atoms with Gasteiger partial charge in [0.1, 0.15) is 17.6 Å². The van der Waals surface area contributed by atoms with Crippen LogP contribution in [0.5, 0.6) is 11.5 Å². The predicted octanol–water partition coefficient (Wildman–Crippen LogP) is 3.75. The molecule has 1 atom stereocenters. The van der Waals surface area contributed by atoms with E-state index in [1.165, 1.54) is 7.11 Å². The van der Waals surface area contributed by atoms with E-state index in [2.05, 4.69) is 10.7 Å². The average molecular weight is 521 g/mol. The zero-order valence-electron chi connectivity index (χ0n) is 22.0. The third-order valence-corrected chi connectivity index (χ3v) is 6.11. The molecule has 0 aliphatic carbocycles. The van der Waals surface area contributed by atoms with E-state index >= 15 is 0 Å². The van der Waals surface area contributed by atoms with Crippen molar-refractivity contribution in [3.05, 3.63) is 66.0 Å². The number of hydrogen-bond donors (Lipinski definition) is 3. The molecule has 0 saturated heterocycles.